The summed E-state index contributed by atoms with van der Waals surface area (Å²) in [4.78, 5) is 22.2. The number of hydrogen-bond donors (Lipinski definition) is 2. The van der Waals surface area contributed by atoms with Crippen molar-refractivity contribution in [3.63, 3.8) is 0 Å². The number of aliphatic hydroxyl groups excluding tert-OH is 1. The predicted octanol–water partition coefficient (Wildman–Crippen LogP) is 3.46. The molecule has 210 valence electrons. The van der Waals surface area contributed by atoms with E-state index in [4.69, 9.17) is 4.98 Å². The lowest BCUT2D eigenvalue weighted by Crippen LogP contribution is -2.57. The largest absolute Gasteiger partial charge is 0.390 e. The molecule has 5 heterocycles. The van der Waals surface area contributed by atoms with Gasteiger partial charge < -0.3 is 20.2 Å². The summed E-state index contributed by atoms with van der Waals surface area (Å²) in [5.74, 6) is 2.79. The Bertz CT molecular complexity index is 1480. The third kappa shape index (κ3) is 5.62. The molecule has 0 unspecified atom stereocenters. The predicted molar refractivity (Wildman–Crippen MR) is 151 cm³/mol. The third-order valence-electron chi connectivity index (χ3n) is 7.85. The number of aromatic nitrogens is 4. The lowest BCUT2D eigenvalue weighted by atomic mass is 9.90. The van der Waals surface area contributed by atoms with Crippen molar-refractivity contribution in [2.75, 3.05) is 46.8 Å². The Balaban J connectivity index is 1.41. The summed E-state index contributed by atoms with van der Waals surface area (Å²) >= 11 is 0. The molecule has 0 amide bonds. The number of rotatable bonds is 7. The maximum absolute atomic E-state index is 14.7. The molecule has 0 bridgehead atoms. The van der Waals surface area contributed by atoms with Gasteiger partial charge in [-0.05, 0) is 49.3 Å². The lowest BCUT2D eigenvalue weighted by Gasteiger charge is -2.47. The molecule has 0 aromatic carbocycles. The second-order valence-electron chi connectivity index (χ2n) is 11.4. The molecule has 0 aliphatic carbocycles. The summed E-state index contributed by atoms with van der Waals surface area (Å²) in [6.45, 7) is 8.77. The third-order valence-corrected chi connectivity index (χ3v) is 8.88. The van der Waals surface area contributed by atoms with Crippen LogP contribution in [0.5, 0.6) is 0 Å². The van der Waals surface area contributed by atoms with E-state index in [0.29, 0.717) is 37.1 Å². The number of alkyl halides is 1. The van der Waals surface area contributed by atoms with Gasteiger partial charge >= 0.3 is 0 Å². The number of halogens is 1. The summed E-state index contributed by atoms with van der Waals surface area (Å²) < 4.78 is 38.3. The van der Waals surface area contributed by atoms with Gasteiger partial charge in [0.25, 0.3) is 0 Å². The van der Waals surface area contributed by atoms with E-state index in [-0.39, 0.29) is 30.2 Å². The standard InChI is InChI=1S/C27H36FN7O3S/c1-16(2)20-11-31-25(35-13-18(17(35)3)14-39(5,37)38)21-12-30-24(10-19(20)21)32-23-6-8-29-26(33-23)34-9-7-22(36)27(4,28)15-34/h6,8,10-12,16-18,22,36H,7,9,13-15H2,1-5H3,(H,29,30,32,33)/t17-,18-,22+,27-/m0/s1. The van der Waals surface area contributed by atoms with E-state index < -0.39 is 21.6 Å². The SMILES string of the molecule is CC(C)c1cnc(N2C[C@@H](CS(C)(=O)=O)[C@@H]2C)c2cnc(Nc3ccnc(N4CC[C@@H](O)[C@@](C)(F)C4)n3)cc12. The van der Waals surface area contributed by atoms with E-state index in [1.54, 1.807) is 23.4 Å². The Morgan fingerprint density at radius 2 is 1.97 bits per heavy atom. The van der Waals surface area contributed by atoms with E-state index in [9.17, 15) is 17.9 Å². The first-order valence-corrected chi connectivity index (χ1v) is 15.3. The van der Waals surface area contributed by atoms with Crippen LogP contribution < -0.4 is 15.1 Å². The number of aliphatic hydroxyl groups is 1. The first kappa shape index (κ1) is 27.4. The van der Waals surface area contributed by atoms with Crippen LogP contribution in [0.3, 0.4) is 0 Å². The minimum atomic E-state index is -3.05. The summed E-state index contributed by atoms with van der Waals surface area (Å²) in [6.07, 6.45) is 5.89. The molecule has 4 atom stereocenters. The minimum Gasteiger partial charge on any atom is -0.390 e. The van der Waals surface area contributed by atoms with Crippen LogP contribution >= 0.6 is 0 Å². The fraction of sp³-hybridized carbons (Fsp3) is 0.556. The Morgan fingerprint density at radius 3 is 2.64 bits per heavy atom. The molecule has 39 heavy (non-hydrogen) atoms. The van der Waals surface area contributed by atoms with E-state index in [2.05, 4.69) is 39.0 Å². The molecule has 0 saturated carbocycles. The second-order valence-corrected chi connectivity index (χ2v) is 13.6. The zero-order valence-electron chi connectivity index (χ0n) is 23.0. The van der Waals surface area contributed by atoms with Crippen molar-refractivity contribution in [1.82, 2.24) is 19.9 Å². The van der Waals surface area contributed by atoms with Crippen LogP contribution in [0.4, 0.5) is 27.8 Å². The quantitative estimate of drug-likeness (QED) is 0.446. The molecular weight excluding hydrogens is 521 g/mol. The van der Waals surface area contributed by atoms with Crippen molar-refractivity contribution in [3.8, 4) is 0 Å². The van der Waals surface area contributed by atoms with Gasteiger partial charge in [-0.2, -0.15) is 4.98 Å². The smallest absolute Gasteiger partial charge is 0.227 e. The average Bonchev–Trinajstić information content (AvgIpc) is 2.86. The monoisotopic (exact) mass is 557 g/mol. The molecular formula is C27H36FN7O3S. The molecule has 3 aromatic heterocycles. The number of nitrogens with zero attached hydrogens (tertiary/aromatic N) is 6. The van der Waals surface area contributed by atoms with Crippen molar-refractivity contribution in [1.29, 1.82) is 0 Å². The Kier molecular flexibility index (Phi) is 7.13. The lowest BCUT2D eigenvalue weighted by molar-refractivity contribution is -0.00860. The van der Waals surface area contributed by atoms with Crippen molar-refractivity contribution in [3.05, 3.63) is 36.3 Å². The molecule has 12 heteroatoms. The Hall–Kier alpha value is -3.12. The van der Waals surface area contributed by atoms with E-state index in [1.807, 2.05) is 19.2 Å². The molecule has 0 spiro atoms. The van der Waals surface area contributed by atoms with Crippen molar-refractivity contribution >= 4 is 44.0 Å². The number of nitrogens with one attached hydrogen (secondary N) is 1. The van der Waals surface area contributed by atoms with Gasteiger partial charge in [-0.3, -0.25) is 0 Å². The highest BCUT2D eigenvalue weighted by Gasteiger charge is 2.40. The molecule has 2 aliphatic heterocycles. The van der Waals surface area contributed by atoms with Crippen molar-refractivity contribution in [2.45, 2.75) is 57.8 Å². The Morgan fingerprint density at radius 1 is 1.21 bits per heavy atom. The highest BCUT2D eigenvalue weighted by molar-refractivity contribution is 7.90. The molecule has 2 fully saturated rings. The minimum absolute atomic E-state index is 0.0132. The number of pyridine rings is 2. The molecule has 5 rings (SSSR count). The summed E-state index contributed by atoms with van der Waals surface area (Å²) in [6, 6.07) is 3.76. The van der Waals surface area contributed by atoms with E-state index in [1.165, 1.54) is 13.2 Å². The molecule has 2 saturated heterocycles. The molecule has 10 nitrogen and oxygen atoms in total. The molecule has 3 aromatic rings. The molecule has 0 radical (unpaired) electrons. The molecule has 2 N–H and O–H groups in total. The summed E-state index contributed by atoms with van der Waals surface area (Å²) in [7, 11) is -3.05. The number of piperidine rings is 1. The van der Waals surface area contributed by atoms with Crippen LogP contribution in [0.2, 0.25) is 0 Å². The van der Waals surface area contributed by atoms with E-state index in [0.717, 1.165) is 22.2 Å². The van der Waals surface area contributed by atoms with E-state index >= 15 is 0 Å². The maximum Gasteiger partial charge on any atom is 0.227 e. The van der Waals surface area contributed by atoms with Gasteiger partial charge in [0.05, 0.1) is 18.4 Å². The van der Waals surface area contributed by atoms with Crippen molar-refractivity contribution in [2.24, 2.45) is 5.92 Å². The average molecular weight is 558 g/mol. The van der Waals surface area contributed by atoms with Crippen LogP contribution in [-0.2, 0) is 9.84 Å². The van der Waals surface area contributed by atoms with Gasteiger partial charge in [0, 0.05) is 55.3 Å². The Labute approximate surface area is 228 Å². The maximum atomic E-state index is 14.7. The van der Waals surface area contributed by atoms with Crippen LogP contribution in [-0.4, -0.2) is 82.9 Å². The van der Waals surface area contributed by atoms with Crippen LogP contribution in [0.15, 0.2) is 30.7 Å². The number of fused-ring (bicyclic) bond motifs is 1. The van der Waals surface area contributed by atoms with Crippen LogP contribution in [0.25, 0.3) is 10.8 Å². The van der Waals surface area contributed by atoms with Gasteiger partial charge in [0.2, 0.25) is 5.95 Å². The second kappa shape index (κ2) is 10.1. The first-order valence-electron chi connectivity index (χ1n) is 13.3. The van der Waals surface area contributed by atoms with Crippen molar-refractivity contribution < 1.29 is 17.9 Å². The number of sulfone groups is 1. The highest BCUT2D eigenvalue weighted by atomic mass is 32.2. The number of hydrogen-bond acceptors (Lipinski definition) is 10. The van der Waals surface area contributed by atoms with Gasteiger partial charge in [-0.15, -0.1) is 0 Å². The van der Waals surface area contributed by atoms with Gasteiger partial charge in [-0.25, -0.2) is 27.8 Å². The van der Waals surface area contributed by atoms with Crippen LogP contribution in [0.1, 0.15) is 45.6 Å². The topological polar surface area (TPSA) is 124 Å². The first-order chi connectivity index (χ1) is 18.3. The fourth-order valence-corrected chi connectivity index (χ4v) is 6.62. The summed E-state index contributed by atoms with van der Waals surface area (Å²) in [5, 5.41) is 15.1. The van der Waals surface area contributed by atoms with Crippen LogP contribution in [0, 0.1) is 5.92 Å². The number of anilines is 4. The normalized spacial score (nSPS) is 25.7. The fourth-order valence-electron chi connectivity index (χ4n) is 5.46. The van der Waals surface area contributed by atoms with Gasteiger partial charge in [0.15, 0.2) is 5.67 Å². The molecule has 2 aliphatic rings. The van der Waals surface area contributed by atoms with Gasteiger partial charge in [0.1, 0.15) is 27.3 Å². The zero-order valence-corrected chi connectivity index (χ0v) is 23.8. The zero-order chi connectivity index (χ0) is 28.1. The van der Waals surface area contributed by atoms with Gasteiger partial charge in [-0.1, -0.05) is 13.8 Å². The highest BCUT2D eigenvalue weighted by Crippen LogP contribution is 2.38. The summed E-state index contributed by atoms with van der Waals surface area (Å²) in [5.41, 5.74) is -0.652.